The Morgan fingerprint density at radius 2 is 1.86 bits per heavy atom. The first-order valence-electron chi connectivity index (χ1n) is 11.4. The van der Waals surface area contributed by atoms with Gasteiger partial charge in [-0.1, -0.05) is 0 Å². The largest absolute Gasteiger partial charge is 0.497 e. The van der Waals surface area contributed by atoms with Gasteiger partial charge in [-0.25, -0.2) is 4.79 Å². The zero-order chi connectivity index (χ0) is 24.1. The number of nitrogens with two attached hydrogens (primary N) is 1. The maximum Gasteiger partial charge on any atom is 0.316 e. The molecule has 0 saturated carbocycles. The van der Waals surface area contributed by atoms with E-state index in [1.54, 1.807) is 19.2 Å². The number of aliphatic hydroxyl groups excluding tert-OH is 1. The van der Waals surface area contributed by atoms with Crippen molar-refractivity contribution < 1.29 is 24.2 Å². The highest BCUT2D eigenvalue weighted by molar-refractivity contribution is 6.02. The van der Waals surface area contributed by atoms with Crippen LogP contribution in [0.2, 0.25) is 0 Å². The average molecular weight is 506 g/mol. The Bertz CT molecular complexity index is 1030. The Morgan fingerprint density at radius 1 is 1.14 bits per heavy atom. The number of nitrogens with zero attached hydrogens (tertiary/aromatic N) is 2. The first-order chi connectivity index (χ1) is 16.4. The number of primary amides is 1. The molecule has 3 amide bonds. The monoisotopic (exact) mass is 505 g/mol. The van der Waals surface area contributed by atoms with E-state index in [1.165, 1.54) is 0 Å². The summed E-state index contributed by atoms with van der Waals surface area (Å²) < 4.78 is 11.1. The molecule has 2 aliphatic rings. The molecule has 190 valence electrons. The lowest BCUT2D eigenvalue weighted by Crippen LogP contribution is -2.49. The van der Waals surface area contributed by atoms with Crippen LogP contribution in [0.3, 0.4) is 0 Å². The quantitative estimate of drug-likeness (QED) is 0.432. The van der Waals surface area contributed by atoms with Crippen molar-refractivity contribution in [3.63, 3.8) is 0 Å². The number of fused-ring (bicyclic) bond motifs is 1. The van der Waals surface area contributed by atoms with E-state index in [0.29, 0.717) is 36.5 Å². The molecule has 1 saturated heterocycles. The van der Waals surface area contributed by atoms with Crippen LogP contribution in [0.1, 0.15) is 12.0 Å². The van der Waals surface area contributed by atoms with E-state index < -0.39 is 12.1 Å². The topological polar surface area (TPSA) is 129 Å². The van der Waals surface area contributed by atoms with Crippen LogP contribution in [-0.2, 0) is 11.2 Å². The number of β-amino-alcohol motifs (C(OH)–C–C–N with tert-alkyl or cyclic N) is 1. The number of piperazine rings is 1. The molecule has 4 rings (SSSR count). The number of carbonyl (C=O) groups is 2. The summed E-state index contributed by atoms with van der Waals surface area (Å²) in [6, 6.07) is 10.7. The molecule has 5 N–H and O–H groups in total. The molecule has 2 aromatic rings. The summed E-state index contributed by atoms with van der Waals surface area (Å²) in [5, 5.41) is 15.9. The smallest absolute Gasteiger partial charge is 0.316 e. The van der Waals surface area contributed by atoms with Crippen molar-refractivity contribution in [2.75, 3.05) is 62.0 Å². The van der Waals surface area contributed by atoms with Gasteiger partial charge < -0.3 is 35.8 Å². The van der Waals surface area contributed by atoms with Crippen molar-refractivity contribution in [1.29, 1.82) is 0 Å². The Morgan fingerprint density at radius 3 is 2.51 bits per heavy atom. The second-order valence-electron chi connectivity index (χ2n) is 8.45. The van der Waals surface area contributed by atoms with E-state index in [4.69, 9.17) is 15.2 Å². The lowest BCUT2D eigenvalue weighted by atomic mass is 10.0. The fourth-order valence-corrected chi connectivity index (χ4v) is 4.35. The summed E-state index contributed by atoms with van der Waals surface area (Å²) >= 11 is 0. The van der Waals surface area contributed by atoms with Gasteiger partial charge in [0.15, 0.2) is 0 Å². The molecular weight excluding hydrogens is 474 g/mol. The molecule has 2 aromatic carbocycles. The number of methoxy groups -OCH3 is 1. The SMILES string of the molecule is COc1ccc(N2CCN(CC(O)COc3ccc(NC(N)=O)c4c3CCC(=O)N4)CC2)cc1.Cl. The molecule has 2 heterocycles. The number of anilines is 3. The van der Waals surface area contributed by atoms with Crippen LogP contribution in [0.15, 0.2) is 36.4 Å². The minimum absolute atomic E-state index is 0. The number of rotatable bonds is 8. The van der Waals surface area contributed by atoms with Crippen LogP contribution in [-0.4, -0.2) is 74.5 Å². The highest BCUT2D eigenvalue weighted by Crippen LogP contribution is 2.37. The van der Waals surface area contributed by atoms with Gasteiger partial charge in [0.2, 0.25) is 5.91 Å². The first kappa shape index (κ1) is 26.4. The fourth-order valence-electron chi connectivity index (χ4n) is 4.35. The maximum atomic E-state index is 11.9. The lowest BCUT2D eigenvalue weighted by molar-refractivity contribution is -0.116. The number of ether oxygens (including phenoxy) is 2. The molecular formula is C24H32ClN5O5. The van der Waals surface area contributed by atoms with Gasteiger partial charge in [-0.05, 0) is 42.8 Å². The molecule has 0 aromatic heterocycles. The first-order valence-corrected chi connectivity index (χ1v) is 11.4. The molecule has 1 fully saturated rings. The molecule has 1 unspecified atom stereocenters. The lowest BCUT2D eigenvalue weighted by Gasteiger charge is -2.37. The van der Waals surface area contributed by atoms with Gasteiger partial charge in [0.1, 0.15) is 24.2 Å². The Labute approximate surface area is 210 Å². The molecule has 0 radical (unpaired) electrons. The molecule has 1 atom stereocenters. The Hall–Kier alpha value is -3.21. The average Bonchev–Trinajstić information content (AvgIpc) is 2.84. The van der Waals surface area contributed by atoms with Crippen LogP contribution < -0.4 is 30.7 Å². The van der Waals surface area contributed by atoms with Gasteiger partial charge in [-0.3, -0.25) is 9.69 Å². The second kappa shape index (κ2) is 12.0. The van der Waals surface area contributed by atoms with Crippen LogP contribution >= 0.6 is 12.4 Å². The molecule has 0 spiro atoms. The minimum atomic E-state index is -0.710. The number of amides is 3. The minimum Gasteiger partial charge on any atom is -0.497 e. The van der Waals surface area contributed by atoms with Crippen LogP contribution in [0.25, 0.3) is 0 Å². The van der Waals surface area contributed by atoms with Crippen LogP contribution in [0.5, 0.6) is 11.5 Å². The fraction of sp³-hybridized carbons (Fsp3) is 0.417. The van der Waals surface area contributed by atoms with Gasteiger partial charge in [0.25, 0.3) is 0 Å². The highest BCUT2D eigenvalue weighted by Gasteiger charge is 2.24. The van der Waals surface area contributed by atoms with E-state index in [0.717, 1.165) is 43.2 Å². The van der Waals surface area contributed by atoms with Gasteiger partial charge in [-0.15, -0.1) is 12.4 Å². The van der Waals surface area contributed by atoms with Crippen molar-refractivity contribution in [2.24, 2.45) is 5.73 Å². The standard InChI is InChI=1S/C24H31N5O5.ClH/c1-33-18-4-2-16(3-5-18)29-12-10-28(11-13-29)14-17(30)15-34-21-8-7-20(26-24(25)32)23-19(21)6-9-22(31)27-23;/h2-5,7-8,17,30H,6,9-15H2,1H3,(H,27,31)(H3,25,26,32);1H. The van der Waals surface area contributed by atoms with Gasteiger partial charge in [0, 0.05) is 50.4 Å². The predicted molar refractivity (Wildman–Crippen MR) is 137 cm³/mol. The van der Waals surface area contributed by atoms with E-state index >= 15 is 0 Å². The third kappa shape index (κ3) is 6.68. The maximum absolute atomic E-state index is 11.9. The van der Waals surface area contributed by atoms with Crippen molar-refractivity contribution in [3.05, 3.63) is 42.0 Å². The third-order valence-electron chi connectivity index (χ3n) is 6.10. The molecule has 2 aliphatic heterocycles. The number of carbonyl (C=O) groups excluding carboxylic acids is 2. The molecule has 11 heteroatoms. The number of urea groups is 1. The molecule has 0 aliphatic carbocycles. The number of halogens is 1. The van der Waals surface area contributed by atoms with Gasteiger partial charge >= 0.3 is 6.03 Å². The molecule has 10 nitrogen and oxygen atoms in total. The number of benzene rings is 2. The number of nitrogens with one attached hydrogen (secondary N) is 2. The summed E-state index contributed by atoms with van der Waals surface area (Å²) in [6.07, 6.45) is 0.142. The van der Waals surface area contributed by atoms with E-state index in [9.17, 15) is 14.7 Å². The zero-order valence-electron chi connectivity index (χ0n) is 19.7. The summed E-state index contributed by atoms with van der Waals surface area (Å²) in [5.74, 6) is 1.28. The second-order valence-corrected chi connectivity index (χ2v) is 8.45. The summed E-state index contributed by atoms with van der Waals surface area (Å²) in [7, 11) is 1.66. The summed E-state index contributed by atoms with van der Waals surface area (Å²) in [6.45, 7) is 4.08. The number of hydrogen-bond donors (Lipinski definition) is 4. The van der Waals surface area contributed by atoms with Crippen LogP contribution in [0, 0.1) is 0 Å². The van der Waals surface area contributed by atoms with Crippen molar-refractivity contribution in [2.45, 2.75) is 18.9 Å². The van der Waals surface area contributed by atoms with E-state index in [2.05, 4.69) is 32.6 Å². The van der Waals surface area contributed by atoms with E-state index in [-0.39, 0.29) is 24.9 Å². The number of aliphatic hydroxyl groups is 1. The third-order valence-corrected chi connectivity index (χ3v) is 6.10. The van der Waals surface area contributed by atoms with Crippen LogP contribution in [0.4, 0.5) is 21.9 Å². The highest BCUT2D eigenvalue weighted by atomic mass is 35.5. The Balaban J connectivity index is 0.00000342. The van der Waals surface area contributed by atoms with Crippen molar-refractivity contribution in [1.82, 2.24) is 4.90 Å². The summed E-state index contributed by atoms with van der Waals surface area (Å²) in [4.78, 5) is 27.7. The predicted octanol–water partition coefficient (Wildman–Crippen LogP) is 2.05. The molecule has 0 bridgehead atoms. The molecule has 35 heavy (non-hydrogen) atoms. The number of hydrogen-bond acceptors (Lipinski definition) is 7. The summed E-state index contributed by atoms with van der Waals surface area (Å²) in [5.41, 5.74) is 8.10. The zero-order valence-corrected chi connectivity index (χ0v) is 20.5. The van der Waals surface area contributed by atoms with E-state index in [1.807, 2.05) is 12.1 Å². The van der Waals surface area contributed by atoms with Crippen molar-refractivity contribution in [3.8, 4) is 11.5 Å². The normalized spacial score (nSPS) is 16.4. The van der Waals surface area contributed by atoms with Gasteiger partial charge in [-0.2, -0.15) is 0 Å². The van der Waals surface area contributed by atoms with Crippen molar-refractivity contribution >= 4 is 41.4 Å². The Kier molecular flexibility index (Phi) is 9.02. The van der Waals surface area contributed by atoms with Gasteiger partial charge in [0.05, 0.1) is 18.5 Å².